The fourth-order valence-electron chi connectivity index (χ4n) is 2.39. The molecular formula is C17H16BrNS. The maximum absolute atomic E-state index is 6.33. The number of thiophene rings is 1. The number of aryl methyl sites for hydroxylation is 1. The van der Waals surface area contributed by atoms with Crippen molar-refractivity contribution >= 4 is 38.0 Å². The van der Waals surface area contributed by atoms with Gasteiger partial charge in [-0.05, 0) is 69.8 Å². The minimum absolute atomic E-state index is 0.1000. The molecule has 1 unspecified atom stereocenters. The Labute approximate surface area is 131 Å². The Bertz CT molecular complexity index is 706. The SMILES string of the molecule is NC(CCc1ccsc1)c1ccc2cc(Br)ccc2c1. The molecular weight excluding hydrogens is 330 g/mol. The zero-order valence-corrected chi connectivity index (χ0v) is 13.5. The van der Waals surface area contributed by atoms with Gasteiger partial charge in [-0.3, -0.25) is 0 Å². The van der Waals surface area contributed by atoms with Gasteiger partial charge in [0, 0.05) is 10.5 Å². The van der Waals surface area contributed by atoms with Gasteiger partial charge in [0.25, 0.3) is 0 Å². The number of rotatable bonds is 4. The molecule has 20 heavy (non-hydrogen) atoms. The van der Waals surface area contributed by atoms with Crippen LogP contribution in [0.25, 0.3) is 10.8 Å². The van der Waals surface area contributed by atoms with Crippen molar-refractivity contribution in [2.75, 3.05) is 0 Å². The summed E-state index contributed by atoms with van der Waals surface area (Å²) < 4.78 is 1.11. The van der Waals surface area contributed by atoms with Gasteiger partial charge in [0.15, 0.2) is 0 Å². The lowest BCUT2D eigenvalue weighted by Gasteiger charge is -2.12. The summed E-state index contributed by atoms with van der Waals surface area (Å²) in [6.45, 7) is 0. The molecule has 0 radical (unpaired) electrons. The molecule has 3 heteroatoms. The van der Waals surface area contributed by atoms with E-state index in [1.54, 1.807) is 11.3 Å². The van der Waals surface area contributed by atoms with Crippen LogP contribution in [0.15, 0.2) is 57.7 Å². The highest BCUT2D eigenvalue weighted by molar-refractivity contribution is 9.10. The highest BCUT2D eigenvalue weighted by atomic mass is 79.9. The molecule has 0 aliphatic rings. The molecule has 3 rings (SSSR count). The first kappa shape index (κ1) is 13.8. The standard InChI is InChI=1S/C17H16BrNS/c18-16-5-4-13-9-15(3-2-14(13)10-16)17(19)6-1-12-7-8-20-11-12/h2-5,7-11,17H,1,6,19H2. The van der Waals surface area contributed by atoms with Crippen molar-refractivity contribution in [3.8, 4) is 0 Å². The molecule has 0 saturated heterocycles. The van der Waals surface area contributed by atoms with Crippen LogP contribution in [0.5, 0.6) is 0 Å². The number of halogens is 1. The van der Waals surface area contributed by atoms with E-state index >= 15 is 0 Å². The number of hydrogen-bond donors (Lipinski definition) is 1. The van der Waals surface area contributed by atoms with Gasteiger partial charge in [-0.15, -0.1) is 0 Å². The van der Waals surface area contributed by atoms with Crippen LogP contribution in [0, 0.1) is 0 Å². The van der Waals surface area contributed by atoms with Gasteiger partial charge in [0.1, 0.15) is 0 Å². The normalized spacial score (nSPS) is 12.7. The van der Waals surface area contributed by atoms with E-state index in [1.165, 1.54) is 21.9 Å². The monoisotopic (exact) mass is 345 g/mol. The Hall–Kier alpha value is -1.16. The molecule has 0 aliphatic carbocycles. The lowest BCUT2D eigenvalue weighted by Crippen LogP contribution is -2.11. The Balaban J connectivity index is 1.77. The van der Waals surface area contributed by atoms with Crippen molar-refractivity contribution in [3.05, 3.63) is 68.8 Å². The second kappa shape index (κ2) is 6.08. The smallest absolute Gasteiger partial charge is 0.0298 e. The van der Waals surface area contributed by atoms with Gasteiger partial charge < -0.3 is 5.73 Å². The van der Waals surface area contributed by atoms with Crippen molar-refractivity contribution in [1.82, 2.24) is 0 Å². The van der Waals surface area contributed by atoms with Crippen molar-refractivity contribution in [3.63, 3.8) is 0 Å². The molecule has 0 bridgehead atoms. The summed E-state index contributed by atoms with van der Waals surface area (Å²) in [4.78, 5) is 0. The van der Waals surface area contributed by atoms with Crippen molar-refractivity contribution in [2.45, 2.75) is 18.9 Å². The number of benzene rings is 2. The third-order valence-electron chi connectivity index (χ3n) is 3.58. The summed E-state index contributed by atoms with van der Waals surface area (Å²) in [5, 5.41) is 6.81. The van der Waals surface area contributed by atoms with Gasteiger partial charge in [-0.1, -0.05) is 34.1 Å². The number of fused-ring (bicyclic) bond motifs is 1. The molecule has 3 aromatic rings. The zero-order valence-electron chi connectivity index (χ0n) is 11.1. The molecule has 1 aromatic heterocycles. The van der Waals surface area contributed by atoms with E-state index in [0.29, 0.717) is 0 Å². The quantitative estimate of drug-likeness (QED) is 0.682. The van der Waals surface area contributed by atoms with Crippen LogP contribution < -0.4 is 5.73 Å². The maximum atomic E-state index is 6.33. The molecule has 0 saturated carbocycles. The summed E-state index contributed by atoms with van der Waals surface area (Å²) in [5.74, 6) is 0. The topological polar surface area (TPSA) is 26.0 Å². The summed E-state index contributed by atoms with van der Waals surface area (Å²) in [6, 6.07) is 15.1. The average Bonchev–Trinajstić information content (AvgIpc) is 2.97. The Morgan fingerprint density at radius 2 is 1.85 bits per heavy atom. The molecule has 0 aliphatic heterocycles. The second-order valence-corrected chi connectivity index (χ2v) is 6.72. The van der Waals surface area contributed by atoms with E-state index in [-0.39, 0.29) is 6.04 Å². The van der Waals surface area contributed by atoms with E-state index in [2.05, 4.69) is 69.2 Å². The van der Waals surface area contributed by atoms with Crippen molar-refractivity contribution < 1.29 is 0 Å². The van der Waals surface area contributed by atoms with Crippen LogP contribution in [0.4, 0.5) is 0 Å². The van der Waals surface area contributed by atoms with Crippen LogP contribution in [0.2, 0.25) is 0 Å². The lowest BCUT2D eigenvalue weighted by atomic mass is 9.98. The first-order valence-corrected chi connectivity index (χ1v) is 8.42. The first-order chi connectivity index (χ1) is 9.72. The number of hydrogen-bond acceptors (Lipinski definition) is 2. The third kappa shape index (κ3) is 3.11. The maximum Gasteiger partial charge on any atom is 0.0298 e. The molecule has 1 nitrogen and oxygen atoms in total. The van der Waals surface area contributed by atoms with Gasteiger partial charge in [-0.25, -0.2) is 0 Å². The van der Waals surface area contributed by atoms with E-state index in [9.17, 15) is 0 Å². The number of nitrogens with two attached hydrogens (primary N) is 1. The van der Waals surface area contributed by atoms with Gasteiger partial charge in [0.2, 0.25) is 0 Å². The van der Waals surface area contributed by atoms with Gasteiger partial charge in [-0.2, -0.15) is 11.3 Å². The Kier molecular flexibility index (Phi) is 4.20. The van der Waals surface area contributed by atoms with Crippen molar-refractivity contribution in [1.29, 1.82) is 0 Å². The van der Waals surface area contributed by atoms with Gasteiger partial charge >= 0.3 is 0 Å². The van der Waals surface area contributed by atoms with Crippen LogP contribution in [0.3, 0.4) is 0 Å². The van der Waals surface area contributed by atoms with E-state index in [4.69, 9.17) is 5.73 Å². The Morgan fingerprint density at radius 3 is 2.65 bits per heavy atom. The minimum Gasteiger partial charge on any atom is -0.324 e. The van der Waals surface area contributed by atoms with E-state index < -0.39 is 0 Å². The van der Waals surface area contributed by atoms with E-state index in [1.807, 2.05) is 0 Å². The zero-order chi connectivity index (χ0) is 13.9. The molecule has 1 heterocycles. The minimum atomic E-state index is 0.1000. The van der Waals surface area contributed by atoms with Crippen LogP contribution in [-0.4, -0.2) is 0 Å². The lowest BCUT2D eigenvalue weighted by molar-refractivity contribution is 0.653. The fourth-order valence-corrected chi connectivity index (χ4v) is 3.47. The molecule has 0 amide bonds. The van der Waals surface area contributed by atoms with E-state index in [0.717, 1.165) is 17.3 Å². The molecule has 0 spiro atoms. The molecule has 2 N–H and O–H groups in total. The third-order valence-corrected chi connectivity index (χ3v) is 4.80. The Morgan fingerprint density at radius 1 is 1.05 bits per heavy atom. The average molecular weight is 346 g/mol. The highest BCUT2D eigenvalue weighted by Gasteiger charge is 2.07. The summed E-state index contributed by atoms with van der Waals surface area (Å²) in [5.41, 5.74) is 8.93. The second-order valence-electron chi connectivity index (χ2n) is 5.03. The fraction of sp³-hybridized carbons (Fsp3) is 0.176. The first-order valence-electron chi connectivity index (χ1n) is 6.68. The summed E-state index contributed by atoms with van der Waals surface area (Å²) in [6.07, 6.45) is 2.03. The largest absolute Gasteiger partial charge is 0.324 e. The predicted octanol–water partition coefficient (Wildman–Crippen LogP) is 5.30. The molecule has 102 valence electrons. The highest BCUT2D eigenvalue weighted by Crippen LogP contribution is 2.25. The van der Waals surface area contributed by atoms with Crippen LogP contribution >= 0.6 is 27.3 Å². The molecule has 0 fully saturated rings. The van der Waals surface area contributed by atoms with Gasteiger partial charge in [0.05, 0.1) is 0 Å². The van der Waals surface area contributed by atoms with Crippen LogP contribution in [0.1, 0.15) is 23.6 Å². The predicted molar refractivity (Wildman–Crippen MR) is 91.2 cm³/mol. The summed E-state index contributed by atoms with van der Waals surface area (Å²) >= 11 is 5.25. The molecule has 1 atom stereocenters. The van der Waals surface area contributed by atoms with Crippen molar-refractivity contribution in [2.24, 2.45) is 5.73 Å². The van der Waals surface area contributed by atoms with Crippen LogP contribution in [-0.2, 0) is 6.42 Å². The molecule has 2 aromatic carbocycles. The summed E-state index contributed by atoms with van der Waals surface area (Å²) in [7, 11) is 0.